The largest absolute Gasteiger partial charge is 0.467 e. The van der Waals surface area contributed by atoms with E-state index in [1.54, 1.807) is 41.5 Å². The van der Waals surface area contributed by atoms with E-state index in [9.17, 15) is 13.2 Å². The SMILES string of the molecule is CC(C)CN(CC(=O)N(Cc1ccc2c(c1)OCO2)Cc1ccco1)S(=O)(=O)c1cccc2ccccc12. The molecule has 38 heavy (non-hydrogen) atoms. The second kappa shape index (κ2) is 10.9. The van der Waals surface area contributed by atoms with E-state index in [0.717, 1.165) is 10.9 Å². The zero-order valence-electron chi connectivity index (χ0n) is 21.4. The summed E-state index contributed by atoms with van der Waals surface area (Å²) < 4.78 is 45.6. The summed E-state index contributed by atoms with van der Waals surface area (Å²) in [4.78, 5) is 15.6. The fourth-order valence-electron chi connectivity index (χ4n) is 4.55. The van der Waals surface area contributed by atoms with E-state index in [-0.39, 0.29) is 49.7 Å². The normalized spacial score (nSPS) is 12.9. The molecule has 1 aromatic heterocycles. The van der Waals surface area contributed by atoms with Gasteiger partial charge in [-0.05, 0) is 47.2 Å². The first-order valence-electron chi connectivity index (χ1n) is 12.5. The molecular weight excluding hydrogens is 504 g/mol. The Hall–Kier alpha value is -3.82. The predicted molar refractivity (Wildman–Crippen MR) is 143 cm³/mol. The highest BCUT2D eigenvalue weighted by molar-refractivity contribution is 7.89. The van der Waals surface area contributed by atoms with Crippen LogP contribution >= 0.6 is 0 Å². The zero-order valence-corrected chi connectivity index (χ0v) is 22.2. The van der Waals surface area contributed by atoms with Gasteiger partial charge in [0, 0.05) is 18.5 Å². The van der Waals surface area contributed by atoms with Crippen molar-refractivity contribution in [3.05, 3.63) is 90.4 Å². The first-order chi connectivity index (χ1) is 18.3. The molecule has 8 nitrogen and oxygen atoms in total. The fourth-order valence-corrected chi connectivity index (χ4v) is 6.32. The number of sulfonamides is 1. The molecule has 0 N–H and O–H groups in total. The Bertz CT molecular complexity index is 1530. The van der Waals surface area contributed by atoms with Crippen molar-refractivity contribution in [2.24, 2.45) is 5.92 Å². The Labute approximate surface area is 222 Å². The number of hydrogen-bond donors (Lipinski definition) is 0. The van der Waals surface area contributed by atoms with Crippen molar-refractivity contribution >= 4 is 26.7 Å². The van der Waals surface area contributed by atoms with Crippen LogP contribution in [0.5, 0.6) is 11.5 Å². The highest BCUT2D eigenvalue weighted by atomic mass is 32.2. The van der Waals surface area contributed by atoms with E-state index in [1.165, 1.54) is 4.31 Å². The molecule has 0 fully saturated rings. The number of amides is 1. The third-order valence-electron chi connectivity index (χ3n) is 6.34. The van der Waals surface area contributed by atoms with E-state index in [0.29, 0.717) is 22.6 Å². The third-order valence-corrected chi connectivity index (χ3v) is 8.21. The van der Waals surface area contributed by atoms with Gasteiger partial charge in [0.25, 0.3) is 0 Å². The zero-order chi connectivity index (χ0) is 26.7. The first kappa shape index (κ1) is 25.8. The van der Waals surface area contributed by atoms with E-state index < -0.39 is 10.0 Å². The Morgan fingerprint density at radius 3 is 2.50 bits per heavy atom. The van der Waals surface area contributed by atoms with Gasteiger partial charge in [-0.3, -0.25) is 4.79 Å². The van der Waals surface area contributed by atoms with Crippen LogP contribution in [0, 0.1) is 5.92 Å². The number of rotatable bonds is 10. The third kappa shape index (κ3) is 5.54. The Morgan fingerprint density at radius 2 is 1.71 bits per heavy atom. The number of carbonyl (C=O) groups is 1. The van der Waals surface area contributed by atoms with Gasteiger partial charge in [-0.15, -0.1) is 0 Å². The molecule has 5 rings (SSSR count). The quantitative estimate of drug-likeness (QED) is 0.283. The predicted octanol–water partition coefficient (Wildman–Crippen LogP) is 5.04. The number of ether oxygens (including phenoxy) is 2. The molecule has 2 heterocycles. The number of carbonyl (C=O) groups excluding carboxylic acids is 1. The van der Waals surface area contributed by atoms with E-state index in [4.69, 9.17) is 13.9 Å². The van der Waals surface area contributed by atoms with Crippen LogP contribution in [0.1, 0.15) is 25.2 Å². The smallest absolute Gasteiger partial charge is 0.244 e. The maximum absolute atomic E-state index is 13.9. The van der Waals surface area contributed by atoms with Crippen LogP contribution in [-0.2, 0) is 27.9 Å². The van der Waals surface area contributed by atoms with Gasteiger partial charge in [0.05, 0.1) is 24.2 Å². The minimum Gasteiger partial charge on any atom is -0.467 e. The van der Waals surface area contributed by atoms with Crippen LogP contribution < -0.4 is 9.47 Å². The fraction of sp³-hybridized carbons (Fsp3) is 0.276. The second-order valence-electron chi connectivity index (χ2n) is 9.69. The Balaban J connectivity index is 1.45. The lowest BCUT2D eigenvalue weighted by atomic mass is 10.1. The van der Waals surface area contributed by atoms with Crippen LogP contribution in [0.25, 0.3) is 10.8 Å². The lowest BCUT2D eigenvalue weighted by Gasteiger charge is -2.28. The minimum atomic E-state index is -3.97. The standard InChI is InChI=1S/C29H30N2O6S/c1-21(2)16-31(38(33,34)28-11-5-8-23-7-3-4-10-25(23)28)19-29(32)30(18-24-9-6-14-35-24)17-22-12-13-26-27(15-22)37-20-36-26/h3-15,21H,16-20H2,1-2H3. The molecule has 1 aliphatic heterocycles. The molecule has 3 aromatic carbocycles. The van der Waals surface area contributed by atoms with Crippen molar-refractivity contribution in [2.75, 3.05) is 19.9 Å². The summed E-state index contributed by atoms with van der Waals surface area (Å²) in [6.07, 6.45) is 1.55. The Morgan fingerprint density at radius 1 is 0.921 bits per heavy atom. The lowest BCUT2D eigenvalue weighted by molar-refractivity contribution is -0.133. The molecule has 0 spiro atoms. The van der Waals surface area contributed by atoms with Gasteiger partial charge in [-0.25, -0.2) is 8.42 Å². The molecular formula is C29H30N2O6S. The number of nitrogens with zero attached hydrogens (tertiary/aromatic N) is 2. The van der Waals surface area contributed by atoms with E-state index in [1.807, 2.05) is 56.3 Å². The van der Waals surface area contributed by atoms with Crippen LogP contribution in [-0.4, -0.2) is 43.4 Å². The highest BCUT2D eigenvalue weighted by Gasteiger charge is 2.31. The number of furan rings is 1. The maximum Gasteiger partial charge on any atom is 0.244 e. The van der Waals surface area contributed by atoms with Gasteiger partial charge in [0.2, 0.25) is 22.7 Å². The van der Waals surface area contributed by atoms with Crippen LogP contribution in [0.2, 0.25) is 0 Å². The molecule has 0 bridgehead atoms. The monoisotopic (exact) mass is 534 g/mol. The highest BCUT2D eigenvalue weighted by Crippen LogP contribution is 2.33. The molecule has 198 valence electrons. The molecule has 1 amide bonds. The topological polar surface area (TPSA) is 89.3 Å². The van der Waals surface area contributed by atoms with Crippen molar-refractivity contribution in [2.45, 2.75) is 31.8 Å². The molecule has 0 aliphatic carbocycles. The summed E-state index contributed by atoms with van der Waals surface area (Å²) in [5.74, 6) is 1.56. The number of fused-ring (bicyclic) bond motifs is 2. The molecule has 0 saturated carbocycles. The van der Waals surface area contributed by atoms with Gasteiger partial charge < -0.3 is 18.8 Å². The summed E-state index contributed by atoms with van der Waals surface area (Å²) >= 11 is 0. The van der Waals surface area contributed by atoms with Crippen molar-refractivity contribution in [3.8, 4) is 11.5 Å². The van der Waals surface area contributed by atoms with Crippen molar-refractivity contribution < 1.29 is 27.1 Å². The summed E-state index contributed by atoms with van der Waals surface area (Å²) in [5.41, 5.74) is 0.835. The van der Waals surface area contributed by atoms with Crippen LogP contribution in [0.15, 0.2) is 88.4 Å². The van der Waals surface area contributed by atoms with Gasteiger partial charge in [0.1, 0.15) is 5.76 Å². The van der Waals surface area contributed by atoms with E-state index in [2.05, 4.69) is 0 Å². The molecule has 1 aliphatic rings. The maximum atomic E-state index is 13.9. The van der Waals surface area contributed by atoms with Crippen molar-refractivity contribution in [1.82, 2.24) is 9.21 Å². The summed E-state index contributed by atoms with van der Waals surface area (Å²) in [6, 6.07) is 21.6. The van der Waals surface area contributed by atoms with Crippen LogP contribution in [0.4, 0.5) is 0 Å². The van der Waals surface area contributed by atoms with Crippen molar-refractivity contribution in [3.63, 3.8) is 0 Å². The second-order valence-corrected chi connectivity index (χ2v) is 11.6. The molecule has 0 atom stereocenters. The molecule has 9 heteroatoms. The van der Waals surface area contributed by atoms with Crippen molar-refractivity contribution in [1.29, 1.82) is 0 Å². The molecule has 0 saturated heterocycles. The van der Waals surface area contributed by atoms with Gasteiger partial charge >= 0.3 is 0 Å². The average molecular weight is 535 g/mol. The summed E-state index contributed by atoms with van der Waals surface area (Å²) in [7, 11) is -3.97. The van der Waals surface area contributed by atoms with Gasteiger partial charge in [0.15, 0.2) is 11.5 Å². The van der Waals surface area contributed by atoms with Crippen LogP contribution in [0.3, 0.4) is 0 Å². The molecule has 0 radical (unpaired) electrons. The number of hydrogen-bond acceptors (Lipinski definition) is 6. The minimum absolute atomic E-state index is 0.0138. The van der Waals surface area contributed by atoms with Gasteiger partial charge in [-0.2, -0.15) is 4.31 Å². The lowest BCUT2D eigenvalue weighted by Crippen LogP contribution is -2.43. The summed E-state index contributed by atoms with van der Waals surface area (Å²) in [6.45, 7) is 4.38. The van der Waals surface area contributed by atoms with Gasteiger partial charge in [-0.1, -0.05) is 56.3 Å². The molecule has 4 aromatic rings. The summed E-state index contributed by atoms with van der Waals surface area (Å²) in [5, 5.41) is 1.45. The Kier molecular flexibility index (Phi) is 7.40. The average Bonchev–Trinajstić information content (AvgIpc) is 3.59. The van der Waals surface area contributed by atoms with E-state index >= 15 is 0 Å². The molecule has 0 unspecified atom stereocenters. The first-order valence-corrected chi connectivity index (χ1v) is 13.9. The number of benzene rings is 3.